The Hall–Kier alpha value is -0.240. The number of hydrogen-bond donors (Lipinski definition) is 0. The van der Waals surface area contributed by atoms with E-state index in [0.29, 0.717) is 13.2 Å². The zero-order valence-corrected chi connectivity index (χ0v) is 11.7. The van der Waals surface area contributed by atoms with Crippen LogP contribution in [-0.4, -0.2) is 69.8 Å². The van der Waals surface area contributed by atoms with Gasteiger partial charge in [0.05, 0.1) is 24.7 Å². The fraction of sp³-hybridized carbons (Fsp3) is 1.00. The molecule has 5 rings (SSSR count). The second-order valence-electron chi connectivity index (χ2n) is 6.48. The van der Waals surface area contributed by atoms with Gasteiger partial charge in [0.2, 0.25) is 5.79 Å². The Morgan fingerprint density at radius 2 is 1.45 bits per heavy atom. The number of epoxide rings is 3. The third-order valence-electron chi connectivity index (χ3n) is 5.80. The van der Waals surface area contributed by atoms with E-state index in [-0.39, 0.29) is 42.0 Å². The summed E-state index contributed by atoms with van der Waals surface area (Å²) in [6.07, 6.45) is 2.70. The fourth-order valence-electron chi connectivity index (χ4n) is 4.80. The monoisotopic (exact) mass is 284 g/mol. The van der Waals surface area contributed by atoms with Crippen LogP contribution in [0.5, 0.6) is 0 Å². The molecular weight excluding hydrogens is 264 g/mol. The van der Waals surface area contributed by atoms with Crippen LogP contribution in [0.4, 0.5) is 0 Å². The van der Waals surface area contributed by atoms with Crippen molar-refractivity contribution >= 4 is 0 Å². The Morgan fingerprint density at radius 1 is 0.850 bits per heavy atom. The fourth-order valence-corrected chi connectivity index (χ4v) is 4.80. The Kier molecular flexibility index (Phi) is 2.31. The molecular formula is C14H20O6. The van der Waals surface area contributed by atoms with E-state index in [1.165, 1.54) is 0 Å². The predicted octanol–water partition coefficient (Wildman–Crippen LogP) is 0.0881. The summed E-state index contributed by atoms with van der Waals surface area (Å²) in [7, 11) is 3.42. The maximum atomic E-state index is 5.93. The molecule has 4 saturated heterocycles. The molecule has 1 spiro atoms. The zero-order valence-electron chi connectivity index (χ0n) is 11.7. The molecule has 4 aliphatic heterocycles. The molecule has 6 heteroatoms. The smallest absolute Gasteiger partial charge is 0.207 e. The molecule has 0 radical (unpaired) electrons. The van der Waals surface area contributed by atoms with E-state index in [4.69, 9.17) is 28.4 Å². The Bertz CT molecular complexity index is 417. The first-order chi connectivity index (χ1) is 9.77. The highest BCUT2D eigenvalue weighted by Gasteiger charge is 2.81. The Balaban J connectivity index is 1.61. The van der Waals surface area contributed by atoms with Crippen LogP contribution in [0.1, 0.15) is 12.8 Å². The minimum atomic E-state index is -0.758. The van der Waals surface area contributed by atoms with Crippen LogP contribution in [0.2, 0.25) is 0 Å². The molecule has 0 amide bonds. The molecule has 1 saturated carbocycles. The van der Waals surface area contributed by atoms with Gasteiger partial charge in [-0.05, 0) is 12.8 Å². The summed E-state index contributed by atoms with van der Waals surface area (Å²) in [5.74, 6) is -0.758. The summed E-state index contributed by atoms with van der Waals surface area (Å²) < 4.78 is 35.1. The molecule has 0 aromatic rings. The largest absolute Gasteiger partial charge is 0.376 e. The quantitative estimate of drug-likeness (QED) is 0.529. The molecule has 0 N–H and O–H groups in total. The maximum absolute atomic E-state index is 5.93. The molecule has 0 aromatic heterocycles. The van der Waals surface area contributed by atoms with Gasteiger partial charge in [0.15, 0.2) is 0 Å². The third kappa shape index (κ3) is 1.27. The average Bonchev–Trinajstić information content (AvgIpc) is 3.31. The van der Waals surface area contributed by atoms with Gasteiger partial charge >= 0.3 is 0 Å². The molecule has 4 heterocycles. The second-order valence-corrected chi connectivity index (χ2v) is 6.48. The summed E-state index contributed by atoms with van der Waals surface area (Å²) in [6.45, 7) is 1.27. The number of rotatable bonds is 2. The number of fused-ring (bicyclic) bond motifs is 5. The normalized spacial score (nSPS) is 57.9. The van der Waals surface area contributed by atoms with Crippen molar-refractivity contribution in [3.05, 3.63) is 0 Å². The molecule has 0 bridgehead atoms. The minimum absolute atomic E-state index is 0.00120. The topological polar surface area (TPSA) is 65.3 Å². The van der Waals surface area contributed by atoms with E-state index >= 15 is 0 Å². The molecule has 5 aliphatic rings. The van der Waals surface area contributed by atoms with E-state index in [9.17, 15) is 0 Å². The van der Waals surface area contributed by atoms with E-state index in [1.807, 2.05) is 0 Å². The van der Waals surface area contributed by atoms with E-state index in [1.54, 1.807) is 14.2 Å². The molecule has 6 nitrogen and oxygen atoms in total. The predicted molar refractivity (Wildman–Crippen MR) is 65.2 cm³/mol. The lowest BCUT2D eigenvalue weighted by Gasteiger charge is -2.49. The second kappa shape index (κ2) is 3.74. The van der Waals surface area contributed by atoms with Gasteiger partial charge in [-0.1, -0.05) is 0 Å². The summed E-state index contributed by atoms with van der Waals surface area (Å²) in [5, 5.41) is 0. The Labute approximate surface area is 117 Å². The van der Waals surface area contributed by atoms with Crippen LogP contribution in [0.15, 0.2) is 0 Å². The number of ether oxygens (including phenoxy) is 6. The molecule has 0 aromatic carbocycles. The van der Waals surface area contributed by atoms with Crippen molar-refractivity contribution in [2.75, 3.05) is 27.4 Å². The van der Waals surface area contributed by atoms with Crippen LogP contribution in [0.3, 0.4) is 0 Å². The molecule has 1 aliphatic carbocycles. The SMILES string of the molecule is COC1(OC)C2OC2CCC12C1OC1COCC1OC12. The van der Waals surface area contributed by atoms with Gasteiger partial charge in [-0.25, -0.2) is 0 Å². The number of hydrogen-bond acceptors (Lipinski definition) is 6. The van der Waals surface area contributed by atoms with E-state index in [0.717, 1.165) is 12.8 Å². The lowest BCUT2D eigenvalue weighted by Crippen LogP contribution is -2.64. The van der Waals surface area contributed by atoms with Crippen molar-refractivity contribution in [3.63, 3.8) is 0 Å². The van der Waals surface area contributed by atoms with Gasteiger partial charge in [-0.2, -0.15) is 0 Å². The van der Waals surface area contributed by atoms with E-state index in [2.05, 4.69) is 0 Å². The lowest BCUT2D eigenvalue weighted by atomic mass is 9.63. The van der Waals surface area contributed by atoms with Crippen molar-refractivity contribution in [1.82, 2.24) is 0 Å². The lowest BCUT2D eigenvalue weighted by molar-refractivity contribution is -0.302. The van der Waals surface area contributed by atoms with Gasteiger partial charge in [-0.3, -0.25) is 0 Å². The summed E-state index contributed by atoms with van der Waals surface area (Å²) in [4.78, 5) is 0. The number of methoxy groups -OCH3 is 2. The molecule has 112 valence electrons. The first-order valence-electron chi connectivity index (χ1n) is 7.41. The van der Waals surface area contributed by atoms with Crippen LogP contribution in [0.25, 0.3) is 0 Å². The van der Waals surface area contributed by atoms with Gasteiger partial charge in [0, 0.05) is 14.2 Å². The first kappa shape index (κ1) is 12.3. The average molecular weight is 284 g/mol. The van der Waals surface area contributed by atoms with E-state index < -0.39 is 5.79 Å². The van der Waals surface area contributed by atoms with Crippen LogP contribution >= 0.6 is 0 Å². The molecule has 6 unspecified atom stereocenters. The molecule has 6 atom stereocenters. The van der Waals surface area contributed by atoms with Crippen molar-refractivity contribution in [2.45, 2.75) is 55.3 Å². The third-order valence-corrected chi connectivity index (χ3v) is 5.80. The Morgan fingerprint density at radius 3 is 2.05 bits per heavy atom. The highest BCUT2D eigenvalue weighted by Crippen LogP contribution is 2.66. The molecule has 20 heavy (non-hydrogen) atoms. The van der Waals surface area contributed by atoms with Gasteiger partial charge in [0.25, 0.3) is 0 Å². The maximum Gasteiger partial charge on any atom is 0.207 e. The van der Waals surface area contributed by atoms with Gasteiger partial charge in [-0.15, -0.1) is 0 Å². The zero-order chi connectivity index (χ0) is 13.5. The molecule has 5 fully saturated rings. The highest BCUT2D eigenvalue weighted by atomic mass is 16.7. The van der Waals surface area contributed by atoms with Crippen LogP contribution in [0, 0.1) is 5.41 Å². The van der Waals surface area contributed by atoms with Crippen molar-refractivity contribution in [1.29, 1.82) is 0 Å². The minimum Gasteiger partial charge on any atom is -0.376 e. The standard InChI is InChI=1S/C14H20O6/c1-15-14(16-2)12-7(18-12)3-4-13(14)10-8(19-10)5-17-6-9-11(13)20-9/h7-12H,3-6H2,1-2H3. The van der Waals surface area contributed by atoms with Crippen LogP contribution in [-0.2, 0) is 28.4 Å². The van der Waals surface area contributed by atoms with Crippen molar-refractivity contribution in [3.8, 4) is 0 Å². The first-order valence-corrected chi connectivity index (χ1v) is 7.41. The van der Waals surface area contributed by atoms with Gasteiger partial charge < -0.3 is 28.4 Å². The van der Waals surface area contributed by atoms with Crippen molar-refractivity contribution in [2.24, 2.45) is 5.41 Å². The summed E-state index contributed by atoms with van der Waals surface area (Å²) >= 11 is 0. The highest BCUT2D eigenvalue weighted by molar-refractivity contribution is 5.24. The summed E-state index contributed by atoms with van der Waals surface area (Å²) in [6, 6.07) is 0. The van der Waals surface area contributed by atoms with Crippen LogP contribution < -0.4 is 0 Å². The van der Waals surface area contributed by atoms with Gasteiger partial charge in [0.1, 0.15) is 30.5 Å². The summed E-state index contributed by atoms with van der Waals surface area (Å²) in [5.41, 5.74) is -0.271. The van der Waals surface area contributed by atoms with Crippen molar-refractivity contribution < 1.29 is 28.4 Å².